The van der Waals surface area contributed by atoms with E-state index in [0.29, 0.717) is 5.91 Å². The van der Waals surface area contributed by atoms with Crippen LogP contribution in [0.25, 0.3) is 0 Å². The third-order valence-electron chi connectivity index (χ3n) is 4.79. The van der Waals surface area contributed by atoms with E-state index in [-0.39, 0.29) is 5.41 Å². The molecule has 0 aliphatic carbocycles. The van der Waals surface area contributed by atoms with Crippen molar-refractivity contribution in [3.8, 4) is 0 Å². The Morgan fingerprint density at radius 3 is 2.45 bits per heavy atom. The van der Waals surface area contributed by atoms with Crippen LogP contribution >= 0.6 is 0 Å². The number of carbonyl (C=O) groups is 1. The highest BCUT2D eigenvalue weighted by Crippen LogP contribution is 2.36. The molecule has 2 heterocycles. The van der Waals surface area contributed by atoms with Crippen LogP contribution in [0.1, 0.15) is 32.6 Å². The largest absolute Gasteiger partial charge is 0.340 e. The zero-order valence-corrected chi connectivity index (χ0v) is 12.9. The Bertz CT molecular complexity index is 323. The molecule has 0 spiro atoms. The van der Waals surface area contributed by atoms with E-state index in [1.807, 2.05) is 6.08 Å². The third kappa shape index (κ3) is 3.41. The summed E-state index contributed by atoms with van der Waals surface area (Å²) in [5.41, 5.74) is -0.0827. The molecule has 0 unspecified atom stereocenters. The molecule has 0 aromatic heterocycles. The molecule has 4 heteroatoms. The monoisotopic (exact) mass is 279 g/mol. The molecule has 1 N–H and O–H groups in total. The molecule has 2 aliphatic rings. The summed E-state index contributed by atoms with van der Waals surface area (Å²) in [5, 5.41) is 3.39. The molecule has 2 fully saturated rings. The van der Waals surface area contributed by atoms with E-state index in [1.54, 1.807) is 0 Å². The van der Waals surface area contributed by atoms with E-state index in [0.717, 1.165) is 71.5 Å². The molecule has 4 nitrogen and oxygen atoms in total. The molecule has 2 aliphatic heterocycles. The zero-order chi connectivity index (χ0) is 14.4. The lowest BCUT2D eigenvalue weighted by atomic mass is 9.74. The van der Waals surface area contributed by atoms with Gasteiger partial charge >= 0.3 is 0 Å². The van der Waals surface area contributed by atoms with Crippen molar-refractivity contribution >= 4 is 5.91 Å². The smallest absolute Gasteiger partial charge is 0.228 e. The van der Waals surface area contributed by atoms with Crippen LogP contribution in [0.15, 0.2) is 12.7 Å². The van der Waals surface area contributed by atoms with Crippen molar-refractivity contribution in [1.82, 2.24) is 15.1 Å². The second-order valence-electron chi connectivity index (χ2n) is 6.16. The average molecular weight is 279 g/mol. The SMILES string of the molecule is C=CCN1CCN(C(=O)C2(CCC)CCNCC2)CC1. The number of piperazine rings is 1. The minimum atomic E-state index is -0.0827. The Labute approximate surface area is 123 Å². The van der Waals surface area contributed by atoms with Crippen molar-refractivity contribution in [1.29, 1.82) is 0 Å². The fraction of sp³-hybridized carbons (Fsp3) is 0.812. The molecule has 114 valence electrons. The molecule has 2 saturated heterocycles. The van der Waals surface area contributed by atoms with Gasteiger partial charge in [-0.25, -0.2) is 0 Å². The van der Waals surface area contributed by atoms with Crippen molar-refractivity contribution in [2.75, 3.05) is 45.8 Å². The van der Waals surface area contributed by atoms with Gasteiger partial charge in [0.05, 0.1) is 5.41 Å². The summed E-state index contributed by atoms with van der Waals surface area (Å²) in [5.74, 6) is 0.416. The number of rotatable bonds is 5. The number of piperidine rings is 1. The fourth-order valence-corrected chi connectivity index (χ4v) is 3.61. The topological polar surface area (TPSA) is 35.6 Å². The Balaban J connectivity index is 1.96. The number of carbonyl (C=O) groups excluding carboxylic acids is 1. The molecular weight excluding hydrogens is 250 g/mol. The van der Waals surface area contributed by atoms with Crippen molar-refractivity contribution in [2.24, 2.45) is 5.41 Å². The van der Waals surface area contributed by atoms with Crippen LogP contribution in [0.4, 0.5) is 0 Å². The maximum Gasteiger partial charge on any atom is 0.228 e. The number of nitrogens with zero attached hydrogens (tertiary/aromatic N) is 2. The molecular formula is C16H29N3O. The standard InChI is InChI=1S/C16H29N3O/c1-3-5-16(6-8-17-9-7-16)15(20)19-13-11-18(10-4-2)12-14-19/h4,17H,2-3,5-14H2,1H3. The Kier molecular flexibility index (Phi) is 5.61. The maximum atomic E-state index is 13.0. The highest BCUT2D eigenvalue weighted by atomic mass is 16.2. The van der Waals surface area contributed by atoms with E-state index in [1.165, 1.54) is 0 Å². The quantitative estimate of drug-likeness (QED) is 0.775. The van der Waals surface area contributed by atoms with Gasteiger partial charge in [0.1, 0.15) is 0 Å². The van der Waals surface area contributed by atoms with Crippen LogP contribution in [0.3, 0.4) is 0 Å². The minimum Gasteiger partial charge on any atom is -0.340 e. The molecule has 2 rings (SSSR count). The molecule has 20 heavy (non-hydrogen) atoms. The summed E-state index contributed by atoms with van der Waals surface area (Å²) in [4.78, 5) is 17.5. The van der Waals surface area contributed by atoms with E-state index < -0.39 is 0 Å². The van der Waals surface area contributed by atoms with Crippen LogP contribution in [0.2, 0.25) is 0 Å². The normalized spacial score (nSPS) is 23.6. The van der Waals surface area contributed by atoms with Crippen molar-refractivity contribution < 1.29 is 4.79 Å². The van der Waals surface area contributed by atoms with Gasteiger partial charge in [-0.3, -0.25) is 9.69 Å². The van der Waals surface area contributed by atoms with Gasteiger partial charge in [0.2, 0.25) is 5.91 Å². The van der Waals surface area contributed by atoms with Crippen molar-refractivity contribution in [3.05, 3.63) is 12.7 Å². The van der Waals surface area contributed by atoms with Gasteiger partial charge in [0.25, 0.3) is 0 Å². The number of nitrogens with one attached hydrogen (secondary N) is 1. The van der Waals surface area contributed by atoms with E-state index in [9.17, 15) is 4.79 Å². The second kappa shape index (κ2) is 7.23. The van der Waals surface area contributed by atoms with Crippen LogP contribution < -0.4 is 5.32 Å². The lowest BCUT2D eigenvalue weighted by molar-refractivity contribution is -0.146. The number of hydrogen-bond donors (Lipinski definition) is 1. The lowest BCUT2D eigenvalue weighted by Gasteiger charge is -2.43. The van der Waals surface area contributed by atoms with Crippen LogP contribution in [0, 0.1) is 5.41 Å². The predicted molar refractivity (Wildman–Crippen MR) is 82.7 cm³/mol. The molecule has 0 saturated carbocycles. The van der Waals surface area contributed by atoms with Crippen molar-refractivity contribution in [2.45, 2.75) is 32.6 Å². The van der Waals surface area contributed by atoms with Gasteiger partial charge in [-0.15, -0.1) is 6.58 Å². The third-order valence-corrected chi connectivity index (χ3v) is 4.79. The predicted octanol–water partition coefficient (Wildman–Crippen LogP) is 1.49. The number of hydrogen-bond acceptors (Lipinski definition) is 3. The van der Waals surface area contributed by atoms with Gasteiger partial charge < -0.3 is 10.2 Å². The summed E-state index contributed by atoms with van der Waals surface area (Å²) >= 11 is 0. The molecule has 0 aromatic rings. The highest BCUT2D eigenvalue weighted by Gasteiger charge is 2.41. The van der Waals surface area contributed by atoms with E-state index in [2.05, 4.69) is 28.6 Å². The van der Waals surface area contributed by atoms with E-state index in [4.69, 9.17) is 0 Å². The molecule has 0 aromatic carbocycles. The lowest BCUT2D eigenvalue weighted by Crippen LogP contribution is -2.55. The number of amides is 1. The highest BCUT2D eigenvalue weighted by molar-refractivity contribution is 5.83. The summed E-state index contributed by atoms with van der Waals surface area (Å²) < 4.78 is 0. The maximum absolute atomic E-state index is 13.0. The Hall–Kier alpha value is -0.870. The summed E-state index contributed by atoms with van der Waals surface area (Å²) in [7, 11) is 0. The van der Waals surface area contributed by atoms with Crippen LogP contribution in [-0.2, 0) is 4.79 Å². The van der Waals surface area contributed by atoms with Gasteiger partial charge in [0.15, 0.2) is 0 Å². The van der Waals surface area contributed by atoms with Gasteiger partial charge in [-0.1, -0.05) is 19.4 Å². The second-order valence-corrected chi connectivity index (χ2v) is 6.16. The first kappa shape index (κ1) is 15.5. The first-order valence-electron chi connectivity index (χ1n) is 8.05. The Morgan fingerprint density at radius 1 is 1.25 bits per heavy atom. The zero-order valence-electron chi connectivity index (χ0n) is 12.9. The van der Waals surface area contributed by atoms with Gasteiger partial charge in [-0.05, 0) is 32.4 Å². The molecule has 1 amide bonds. The minimum absolute atomic E-state index is 0.0827. The fourth-order valence-electron chi connectivity index (χ4n) is 3.61. The van der Waals surface area contributed by atoms with Crippen LogP contribution in [-0.4, -0.2) is 61.5 Å². The molecule has 0 radical (unpaired) electrons. The Morgan fingerprint density at radius 2 is 1.90 bits per heavy atom. The first-order valence-corrected chi connectivity index (χ1v) is 8.05. The summed E-state index contributed by atoms with van der Waals surface area (Å²) in [6.45, 7) is 12.6. The molecule has 0 bridgehead atoms. The van der Waals surface area contributed by atoms with Gasteiger partial charge in [0, 0.05) is 32.7 Å². The summed E-state index contributed by atoms with van der Waals surface area (Å²) in [6.07, 6.45) is 6.10. The van der Waals surface area contributed by atoms with Gasteiger partial charge in [-0.2, -0.15) is 0 Å². The summed E-state index contributed by atoms with van der Waals surface area (Å²) in [6, 6.07) is 0. The van der Waals surface area contributed by atoms with E-state index >= 15 is 0 Å². The average Bonchev–Trinajstić information content (AvgIpc) is 2.49. The first-order chi connectivity index (χ1) is 9.72. The van der Waals surface area contributed by atoms with Crippen LogP contribution in [0.5, 0.6) is 0 Å². The molecule has 0 atom stereocenters. The van der Waals surface area contributed by atoms with Crippen molar-refractivity contribution in [3.63, 3.8) is 0 Å².